The molecule has 1 atom stereocenters. The highest BCUT2D eigenvalue weighted by Gasteiger charge is 2.37. The predicted octanol–water partition coefficient (Wildman–Crippen LogP) is 1.54. The lowest BCUT2D eigenvalue weighted by atomic mass is 10.0. The second kappa shape index (κ2) is 7.05. The van der Waals surface area contributed by atoms with E-state index in [9.17, 15) is 9.59 Å². The van der Waals surface area contributed by atoms with Crippen molar-refractivity contribution in [3.05, 3.63) is 28.2 Å². The summed E-state index contributed by atoms with van der Waals surface area (Å²) in [7, 11) is 1.57. The zero-order valence-corrected chi connectivity index (χ0v) is 13.8. The quantitative estimate of drug-likeness (QED) is 0.766. The summed E-state index contributed by atoms with van der Waals surface area (Å²) in [6.45, 7) is 7.03. The maximum absolute atomic E-state index is 12.8. The molecule has 1 aliphatic carbocycles. The molecule has 122 valence electrons. The second-order valence-corrected chi connectivity index (χ2v) is 6.20. The van der Waals surface area contributed by atoms with Crippen molar-refractivity contribution in [2.75, 3.05) is 13.7 Å². The number of aromatic nitrogens is 2. The Hall–Kier alpha value is -1.69. The van der Waals surface area contributed by atoms with E-state index in [-0.39, 0.29) is 17.5 Å². The summed E-state index contributed by atoms with van der Waals surface area (Å²) < 4.78 is 6.26. The topological polar surface area (TPSA) is 64.4 Å². The van der Waals surface area contributed by atoms with Crippen molar-refractivity contribution in [2.24, 2.45) is 5.92 Å². The zero-order valence-electron chi connectivity index (χ0n) is 13.8. The van der Waals surface area contributed by atoms with E-state index in [0.717, 1.165) is 12.8 Å². The number of hydrogen-bond acceptors (Lipinski definition) is 4. The second-order valence-electron chi connectivity index (χ2n) is 6.20. The van der Waals surface area contributed by atoms with Gasteiger partial charge >= 0.3 is 0 Å². The van der Waals surface area contributed by atoms with Crippen LogP contribution in [0.2, 0.25) is 0 Å². The number of carbonyl (C=O) groups is 1. The largest absolute Gasteiger partial charge is 0.383 e. The van der Waals surface area contributed by atoms with Crippen LogP contribution in [0.1, 0.15) is 44.1 Å². The number of amides is 1. The van der Waals surface area contributed by atoms with Crippen LogP contribution in [0.15, 0.2) is 16.9 Å². The summed E-state index contributed by atoms with van der Waals surface area (Å²) >= 11 is 0. The summed E-state index contributed by atoms with van der Waals surface area (Å²) in [6.07, 6.45) is 2.10. The number of nitrogens with zero attached hydrogens (tertiary/aromatic N) is 3. The Morgan fingerprint density at radius 3 is 2.64 bits per heavy atom. The highest BCUT2D eigenvalue weighted by atomic mass is 16.5. The van der Waals surface area contributed by atoms with Crippen LogP contribution < -0.4 is 5.56 Å². The Bertz CT molecular complexity index is 578. The van der Waals surface area contributed by atoms with Gasteiger partial charge < -0.3 is 9.64 Å². The van der Waals surface area contributed by atoms with E-state index >= 15 is 0 Å². The molecule has 6 heteroatoms. The van der Waals surface area contributed by atoms with E-state index in [4.69, 9.17) is 4.74 Å². The van der Waals surface area contributed by atoms with E-state index < -0.39 is 0 Å². The van der Waals surface area contributed by atoms with Crippen LogP contribution in [0.5, 0.6) is 0 Å². The van der Waals surface area contributed by atoms with E-state index in [1.807, 2.05) is 4.90 Å². The van der Waals surface area contributed by atoms with Crippen molar-refractivity contribution in [3.63, 3.8) is 0 Å². The normalized spacial score (nSPS) is 15.9. The molecule has 6 nitrogen and oxygen atoms in total. The highest BCUT2D eigenvalue weighted by molar-refractivity contribution is 5.92. The minimum atomic E-state index is -0.219. The molecule has 1 saturated carbocycles. The lowest BCUT2D eigenvalue weighted by Gasteiger charge is -2.31. The van der Waals surface area contributed by atoms with Crippen LogP contribution in [0.3, 0.4) is 0 Å². The average Bonchev–Trinajstić information content (AvgIpc) is 3.31. The SMILES string of the molecule is COCCn1nc(C(=O)N(C2CC2)C(C)C(C)C)ccc1=O. The Morgan fingerprint density at radius 1 is 1.41 bits per heavy atom. The highest BCUT2D eigenvalue weighted by Crippen LogP contribution is 2.31. The fourth-order valence-electron chi connectivity index (χ4n) is 2.39. The van der Waals surface area contributed by atoms with Gasteiger partial charge in [0, 0.05) is 25.3 Å². The van der Waals surface area contributed by atoms with Gasteiger partial charge in [0.05, 0.1) is 13.2 Å². The van der Waals surface area contributed by atoms with Gasteiger partial charge in [0.25, 0.3) is 11.5 Å². The third kappa shape index (κ3) is 3.74. The molecule has 22 heavy (non-hydrogen) atoms. The molecule has 2 rings (SSSR count). The van der Waals surface area contributed by atoms with Gasteiger partial charge in [-0.25, -0.2) is 4.68 Å². The molecule has 0 aromatic carbocycles. The van der Waals surface area contributed by atoms with Crippen molar-refractivity contribution in [1.82, 2.24) is 14.7 Å². The van der Waals surface area contributed by atoms with Gasteiger partial charge in [-0.15, -0.1) is 0 Å². The molecule has 1 heterocycles. The Labute approximate surface area is 131 Å². The Morgan fingerprint density at radius 2 is 2.09 bits per heavy atom. The third-order valence-corrected chi connectivity index (χ3v) is 4.17. The van der Waals surface area contributed by atoms with Gasteiger partial charge in [0.15, 0.2) is 0 Å². The van der Waals surface area contributed by atoms with Crippen molar-refractivity contribution in [1.29, 1.82) is 0 Å². The number of ether oxygens (including phenoxy) is 1. The van der Waals surface area contributed by atoms with Gasteiger partial charge in [-0.2, -0.15) is 5.10 Å². The van der Waals surface area contributed by atoms with Crippen LogP contribution >= 0.6 is 0 Å². The number of rotatable bonds is 7. The van der Waals surface area contributed by atoms with Crippen molar-refractivity contribution < 1.29 is 9.53 Å². The van der Waals surface area contributed by atoms with E-state index in [1.54, 1.807) is 7.11 Å². The van der Waals surface area contributed by atoms with Crippen molar-refractivity contribution in [2.45, 2.75) is 52.2 Å². The molecule has 0 saturated heterocycles. The molecule has 0 aliphatic heterocycles. The molecule has 1 amide bonds. The van der Waals surface area contributed by atoms with Crippen LogP contribution in [0.4, 0.5) is 0 Å². The molecule has 0 radical (unpaired) electrons. The molecule has 1 aromatic heterocycles. The molecule has 0 N–H and O–H groups in total. The number of hydrogen-bond donors (Lipinski definition) is 0. The van der Waals surface area contributed by atoms with Crippen LogP contribution in [0.25, 0.3) is 0 Å². The molecule has 0 bridgehead atoms. The van der Waals surface area contributed by atoms with Gasteiger partial charge in [0.1, 0.15) is 5.69 Å². The minimum absolute atomic E-state index is 0.0881. The lowest BCUT2D eigenvalue weighted by Crippen LogP contribution is -2.44. The summed E-state index contributed by atoms with van der Waals surface area (Å²) in [5, 5.41) is 4.22. The standard InChI is InChI=1S/C16H25N3O3/c1-11(2)12(3)19(13-5-6-13)16(21)14-7-8-15(20)18(17-14)9-10-22-4/h7-8,11-13H,5-6,9-10H2,1-4H3. The molecule has 0 spiro atoms. The molecule has 1 aromatic rings. The number of methoxy groups -OCH3 is 1. The monoisotopic (exact) mass is 307 g/mol. The summed E-state index contributed by atoms with van der Waals surface area (Å²) in [5.74, 6) is 0.291. The van der Waals surface area contributed by atoms with Crippen LogP contribution in [-0.2, 0) is 11.3 Å². The van der Waals surface area contributed by atoms with E-state index in [2.05, 4.69) is 25.9 Å². The van der Waals surface area contributed by atoms with Crippen LogP contribution in [-0.4, -0.2) is 46.4 Å². The lowest BCUT2D eigenvalue weighted by molar-refractivity contribution is 0.0618. The molecule has 1 fully saturated rings. The van der Waals surface area contributed by atoms with Gasteiger partial charge in [-0.05, 0) is 31.7 Å². The first-order valence-corrected chi connectivity index (χ1v) is 7.85. The minimum Gasteiger partial charge on any atom is -0.383 e. The van der Waals surface area contributed by atoms with E-state index in [0.29, 0.717) is 30.8 Å². The first kappa shape index (κ1) is 16.7. The maximum Gasteiger partial charge on any atom is 0.274 e. The fourth-order valence-corrected chi connectivity index (χ4v) is 2.39. The van der Waals surface area contributed by atoms with E-state index in [1.165, 1.54) is 16.8 Å². The summed E-state index contributed by atoms with van der Waals surface area (Å²) in [4.78, 5) is 26.5. The van der Waals surface area contributed by atoms with Gasteiger partial charge in [-0.3, -0.25) is 9.59 Å². The Kier molecular flexibility index (Phi) is 5.34. The molecular weight excluding hydrogens is 282 g/mol. The summed E-state index contributed by atoms with van der Waals surface area (Å²) in [5.41, 5.74) is 0.110. The fraction of sp³-hybridized carbons (Fsp3) is 0.688. The third-order valence-electron chi connectivity index (χ3n) is 4.17. The average molecular weight is 307 g/mol. The zero-order chi connectivity index (χ0) is 16.3. The maximum atomic E-state index is 12.8. The predicted molar refractivity (Wildman–Crippen MR) is 83.9 cm³/mol. The molecular formula is C16H25N3O3. The summed E-state index contributed by atoms with van der Waals surface area (Å²) in [6, 6.07) is 3.39. The first-order valence-electron chi connectivity index (χ1n) is 7.85. The first-order chi connectivity index (χ1) is 10.5. The van der Waals surface area contributed by atoms with Crippen molar-refractivity contribution in [3.8, 4) is 0 Å². The van der Waals surface area contributed by atoms with Crippen molar-refractivity contribution >= 4 is 5.91 Å². The molecule has 1 aliphatic rings. The Balaban J connectivity index is 2.25. The van der Waals surface area contributed by atoms with Gasteiger partial charge in [-0.1, -0.05) is 13.8 Å². The van der Waals surface area contributed by atoms with Crippen LogP contribution in [0, 0.1) is 5.92 Å². The smallest absolute Gasteiger partial charge is 0.274 e. The number of carbonyl (C=O) groups excluding carboxylic acids is 1. The molecule has 1 unspecified atom stereocenters. The van der Waals surface area contributed by atoms with Gasteiger partial charge in [0.2, 0.25) is 0 Å².